The van der Waals surface area contributed by atoms with E-state index < -0.39 is 59.4 Å². The van der Waals surface area contributed by atoms with Crippen molar-refractivity contribution in [3.05, 3.63) is 155 Å². The van der Waals surface area contributed by atoms with Crippen LogP contribution < -0.4 is 15.0 Å². The molecule has 65 heavy (non-hydrogen) atoms. The van der Waals surface area contributed by atoms with Gasteiger partial charge in [0.05, 0.1) is 53.7 Å². The van der Waals surface area contributed by atoms with Gasteiger partial charge in [0.2, 0.25) is 11.8 Å². The fourth-order valence-electron chi connectivity index (χ4n) is 9.51. The molecule has 3 N–H and O–H groups in total. The number of carbonyl (C=O) groups is 4. The molecule has 2 saturated heterocycles. The first-order chi connectivity index (χ1) is 31.8. The summed E-state index contributed by atoms with van der Waals surface area (Å²) in [6.07, 6.45) is -1.79. The number of morpholine rings is 1. The molecule has 0 aliphatic carbocycles. The van der Waals surface area contributed by atoms with Crippen LogP contribution in [0.3, 0.4) is 0 Å². The summed E-state index contributed by atoms with van der Waals surface area (Å²) in [5, 5.41) is 22.6. The Morgan fingerprint density at radius 1 is 0.831 bits per heavy atom. The number of fused-ring (bicyclic) bond motifs is 4. The average molecular weight is 893 g/mol. The van der Waals surface area contributed by atoms with Crippen molar-refractivity contribution >= 4 is 56.2 Å². The number of esters is 1. The third-order valence-electron chi connectivity index (χ3n) is 12.0. The van der Waals surface area contributed by atoms with Gasteiger partial charge >= 0.3 is 12.1 Å². The van der Waals surface area contributed by atoms with E-state index in [0.29, 0.717) is 28.0 Å². The van der Waals surface area contributed by atoms with Gasteiger partial charge in [-0.2, -0.15) is 0 Å². The second-order valence-corrected chi connectivity index (χ2v) is 16.7. The molecule has 330 valence electrons. The van der Waals surface area contributed by atoms with Crippen molar-refractivity contribution in [2.24, 2.45) is 5.92 Å². The van der Waals surface area contributed by atoms with Crippen LogP contribution in [0.25, 0.3) is 10.2 Å². The summed E-state index contributed by atoms with van der Waals surface area (Å²) < 4.78 is 24.1. The normalized spacial score (nSPS) is 22.2. The number of aliphatic hydroxyl groups is 2. The highest BCUT2D eigenvalue weighted by molar-refractivity contribution is 7.22. The smallest absolute Gasteiger partial charge is 0.421 e. The Morgan fingerprint density at radius 2 is 1.57 bits per heavy atom. The van der Waals surface area contributed by atoms with E-state index in [9.17, 15) is 15.0 Å². The first-order valence-corrected chi connectivity index (χ1v) is 21.9. The first-order valence-electron chi connectivity index (χ1n) is 21.1. The zero-order valence-corrected chi connectivity index (χ0v) is 36.0. The Hall–Kier alpha value is -6.93. The van der Waals surface area contributed by atoms with Gasteiger partial charge in [-0.15, -0.1) is 0 Å². The number of rotatable bonds is 12. The molecule has 1 aromatic heterocycles. The molecular weight excluding hydrogens is 849 g/mol. The zero-order valence-electron chi connectivity index (χ0n) is 35.2. The highest BCUT2D eigenvalue weighted by Gasteiger charge is 2.76. The summed E-state index contributed by atoms with van der Waals surface area (Å²) in [5.41, 5.74) is 1.20. The highest BCUT2D eigenvalue weighted by Crippen LogP contribution is 2.66. The summed E-state index contributed by atoms with van der Waals surface area (Å²) in [5.74, 6) is 2.47. The lowest BCUT2D eigenvalue weighted by molar-refractivity contribution is -0.177. The van der Waals surface area contributed by atoms with E-state index in [-0.39, 0.29) is 55.8 Å². The predicted molar refractivity (Wildman–Crippen MR) is 241 cm³/mol. The van der Waals surface area contributed by atoms with E-state index in [2.05, 4.69) is 17.2 Å². The number of imide groups is 1. The van der Waals surface area contributed by atoms with Crippen LogP contribution in [-0.4, -0.2) is 90.2 Å². The van der Waals surface area contributed by atoms with Gasteiger partial charge in [-0.3, -0.25) is 19.3 Å². The van der Waals surface area contributed by atoms with Crippen LogP contribution in [0.4, 0.5) is 15.6 Å². The number of para-hydroxylation sites is 1. The molecule has 3 aliphatic rings. The third kappa shape index (κ3) is 7.79. The maximum Gasteiger partial charge on any atom is 0.421 e. The van der Waals surface area contributed by atoms with Crippen LogP contribution in [0.1, 0.15) is 52.4 Å². The van der Waals surface area contributed by atoms with Gasteiger partial charge in [-0.05, 0) is 64.7 Å². The molecule has 3 amide bonds. The van der Waals surface area contributed by atoms with E-state index in [0.717, 1.165) is 15.2 Å². The van der Waals surface area contributed by atoms with Gasteiger partial charge in [-0.1, -0.05) is 108 Å². The number of methoxy groups -OCH3 is 1. The molecule has 14 nitrogen and oxygen atoms in total. The number of nitrogens with zero attached hydrogens (tertiary/aromatic N) is 3. The molecule has 0 radical (unpaired) electrons. The number of benzene rings is 5. The van der Waals surface area contributed by atoms with Crippen LogP contribution >= 0.6 is 11.3 Å². The Bertz CT molecular complexity index is 2780. The summed E-state index contributed by atoms with van der Waals surface area (Å²) in [6, 6.07) is 34.5. The molecule has 5 aromatic carbocycles. The molecular formula is C50H44N4O10S. The summed E-state index contributed by atoms with van der Waals surface area (Å²) >= 11 is 1.23. The molecule has 0 bridgehead atoms. The Kier molecular flexibility index (Phi) is 12.4. The summed E-state index contributed by atoms with van der Waals surface area (Å²) in [6.45, 7) is -0.631. The first kappa shape index (κ1) is 43.3. The number of thiazole rings is 1. The molecule has 15 heteroatoms. The lowest BCUT2D eigenvalue weighted by Gasteiger charge is -2.46. The number of aromatic nitrogens is 1. The standard InChI is InChI=1S/C50H44N4O10S/c1-61-27-28-63-49(60)53-38-23-22-31(13-10-11-24-55)29-36(38)50(47(53)59)40(45(57)52-48-51-37-20-8-9-21-39(37)65-48)42-46(58)64-43(33-16-6-3-7-17-33)41(32-14-4-2-5-15-32)54(42)44(50)34-18-12-19-35(30-34)62-26-25-56/h2-9,12,14-23,29-30,40-44,55-56H,11,24-28H2,1H3,(H,51,52,57). The highest BCUT2D eigenvalue weighted by atomic mass is 32.1. The van der Waals surface area contributed by atoms with Crippen molar-refractivity contribution in [1.82, 2.24) is 9.88 Å². The number of anilines is 2. The van der Waals surface area contributed by atoms with E-state index in [1.54, 1.807) is 42.5 Å². The number of ether oxygens (including phenoxy) is 4. The fraction of sp³-hybridized carbons (Fsp3) is 0.260. The minimum atomic E-state index is -2.09. The van der Waals surface area contributed by atoms with Gasteiger partial charge in [0.25, 0.3) is 0 Å². The zero-order chi connectivity index (χ0) is 45.1. The van der Waals surface area contributed by atoms with Crippen LogP contribution in [0.15, 0.2) is 127 Å². The predicted octanol–water partition coefficient (Wildman–Crippen LogP) is 6.49. The lowest BCUT2D eigenvalue weighted by Crippen LogP contribution is -2.54. The van der Waals surface area contributed by atoms with Crippen molar-refractivity contribution in [1.29, 1.82) is 0 Å². The second-order valence-electron chi connectivity index (χ2n) is 15.6. The van der Waals surface area contributed by atoms with Gasteiger partial charge in [-0.25, -0.2) is 14.7 Å². The third-order valence-corrected chi connectivity index (χ3v) is 12.9. The van der Waals surface area contributed by atoms with E-state index >= 15 is 14.4 Å². The maximum absolute atomic E-state index is 16.3. The van der Waals surface area contributed by atoms with Crippen LogP contribution in [0, 0.1) is 17.8 Å². The summed E-state index contributed by atoms with van der Waals surface area (Å²) in [4.78, 5) is 69.4. The molecule has 0 saturated carbocycles. The fourth-order valence-corrected chi connectivity index (χ4v) is 10.4. The number of nitrogens with one attached hydrogen (secondary N) is 1. The number of hydrogen-bond donors (Lipinski definition) is 3. The van der Waals surface area contributed by atoms with Crippen LogP contribution in [-0.2, 0) is 34.0 Å². The SMILES string of the molecule is COCCOC(=O)N1C(=O)C2(c3cc(C#CCCO)ccc31)C(C(=O)Nc1nc3ccccc3s1)C1C(=O)OC(c3ccccc3)C(c3ccccc3)N1C2c1cccc(OCCO)c1. The monoisotopic (exact) mass is 892 g/mol. The van der Waals surface area contributed by atoms with Crippen LogP contribution in [0.5, 0.6) is 5.75 Å². The molecule has 9 rings (SSSR count). The number of hydrogen-bond acceptors (Lipinski definition) is 13. The van der Waals surface area contributed by atoms with Gasteiger partial charge in [0.15, 0.2) is 5.13 Å². The minimum absolute atomic E-state index is 0.0351. The lowest BCUT2D eigenvalue weighted by atomic mass is 9.65. The minimum Gasteiger partial charge on any atom is -0.491 e. The summed E-state index contributed by atoms with van der Waals surface area (Å²) in [7, 11) is 1.45. The van der Waals surface area contributed by atoms with Crippen molar-refractivity contribution < 1.29 is 48.3 Å². The van der Waals surface area contributed by atoms with Crippen molar-refractivity contribution in [2.45, 2.75) is 36.1 Å². The Labute approximate surface area is 378 Å². The van der Waals surface area contributed by atoms with Crippen LogP contribution in [0.2, 0.25) is 0 Å². The number of cyclic esters (lactones) is 1. The molecule has 2 fully saturated rings. The molecule has 6 unspecified atom stereocenters. The van der Waals surface area contributed by atoms with E-state index in [1.807, 2.05) is 89.8 Å². The van der Waals surface area contributed by atoms with Crippen molar-refractivity contribution in [3.63, 3.8) is 0 Å². The second kappa shape index (κ2) is 18.7. The number of carbonyl (C=O) groups excluding carboxylic acids is 4. The van der Waals surface area contributed by atoms with E-state index in [1.165, 1.54) is 18.4 Å². The maximum atomic E-state index is 16.3. The van der Waals surface area contributed by atoms with Gasteiger partial charge in [0.1, 0.15) is 36.5 Å². The number of amides is 3. The van der Waals surface area contributed by atoms with Gasteiger partial charge < -0.3 is 34.5 Å². The van der Waals surface area contributed by atoms with Gasteiger partial charge in [0, 0.05) is 19.1 Å². The quantitative estimate of drug-likeness (QED) is 0.0693. The Morgan fingerprint density at radius 3 is 2.31 bits per heavy atom. The largest absolute Gasteiger partial charge is 0.491 e. The van der Waals surface area contributed by atoms with E-state index in [4.69, 9.17) is 23.9 Å². The Balaban J connectivity index is 1.36. The molecule has 6 atom stereocenters. The number of aliphatic hydroxyl groups excluding tert-OH is 2. The molecule has 4 heterocycles. The van der Waals surface area contributed by atoms with Crippen molar-refractivity contribution in [2.75, 3.05) is 50.4 Å². The molecule has 6 aromatic rings. The molecule has 3 aliphatic heterocycles. The molecule has 1 spiro atoms. The van der Waals surface area contributed by atoms with Crippen molar-refractivity contribution in [3.8, 4) is 17.6 Å². The average Bonchev–Trinajstić information content (AvgIpc) is 3.97. The topological polar surface area (TPSA) is 177 Å².